The van der Waals surface area contributed by atoms with E-state index >= 15 is 0 Å². The second-order valence-corrected chi connectivity index (χ2v) is 7.16. The lowest BCUT2D eigenvalue weighted by atomic mass is 9.93. The first-order chi connectivity index (χ1) is 13.5. The number of amides is 2. The number of ether oxygens (including phenoxy) is 1. The molecule has 1 atom stereocenters. The highest BCUT2D eigenvalue weighted by molar-refractivity contribution is 5.94. The maximum absolute atomic E-state index is 13.2. The Labute approximate surface area is 166 Å². The molecule has 2 heterocycles. The van der Waals surface area contributed by atoms with E-state index in [2.05, 4.69) is 0 Å². The van der Waals surface area contributed by atoms with Crippen LogP contribution in [0.2, 0.25) is 0 Å². The fourth-order valence-electron chi connectivity index (χ4n) is 3.83. The fourth-order valence-corrected chi connectivity index (χ4v) is 3.83. The van der Waals surface area contributed by atoms with E-state index in [4.69, 9.17) is 9.15 Å². The van der Waals surface area contributed by atoms with Crippen LogP contribution in [0, 0.1) is 5.92 Å². The van der Waals surface area contributed by atoms with Gasteiger partial charge >= 0.3 is 0 Å². The third-order valence-electron chi connectivity index (χ3n) is 5.57. The van der Waals surface area contributed by atoms with E-state index in [1.807, 2.05) is 43.0 Å². The van der Waals surface area contributed by atoms with Crippen LogP contribution in [0.15, 0.2) is 47.3 Å². The first-order valence-electron chi connectivity index (χ1n) is 9.81. The summed E-state index contributed by atoms with van der Waals surface area (Å²) in [4.78, 5) is 29.3. The zero-order valence-corrected chi connectivity index (χ0v) is 16.8. The standard InChI is InChI=1S/C22H28N2O4/c1-4-24(16(2)18-6-5-7-20(14-18)27-3)22(26)17-8-11-23(12-9-17)21(25)19-10-13-28-15-19/h5-7,10,13-17H,4,8-9,11-12H2,1-3H3. The summed E-state index contributed by atoms with van der Waals surface area (Å²) in [6.45, 7) is 5.88. The number of carbonyl (C=O) groups is 2. The molecule has 1 aliphatic rings. The lowest BCUT2D eigenvalue weighted by Crippen LogP contribution is -2.45. The Morgan fingerprint density at radius 1 is 1.29 bits per heavy atom. The summed E-state index contributed by atoms with van der Waals surface area (Å²) in [6, 6.07) is 9.50. The molecule has 0 saturated carbocycles. The minimum atomic E-state index is -0.0543. The van der Waals surface area contributed by atoms with Crippen molar-refractivity contribution in [2.75, 3.05) is 26.7 Å². The van der Waals surface area contributed by atoms with Gasteiger partial charge in [0.25, 0.3) is 5.91 Å². The highest BCUT2D eigenvalue weighted by atomic mass is 16.5. The van der Waals surface area contributed by atoms with E-state index in [0.717, 1.165) is 11.3 Å². The SMILES string of the molecule is CCN(C(=O)C1CCN(C(=O)c2ccoc2)CC1)C(C)c1cccc(OC)c1. The number of furan rings is 1. The maximum atomic E-state index is 13.2. The van der Waals surface area contributed by atoms with Gasteiger partial charge in [0, 0.05) is 25.6 Å². The topological polar surface area (TPSA) is 63.0 Å². The Balaban J connectivity index is 1.63. The van der Waals surface area contributed by atoms with Gasteiger partial charge in [0.05, 0.1) is 25.0 Å². The minimum absolute atomic E-state index is 0.0295. The van der Waals surface area contributed by atoms with E-state index in [1.54, 1.807) is 18.1 Å². The number of carbonyl (C=O) groups excluding carboxylic acids is 2. The number of rotatable bonds is 6. The molecule has 1 saturated heterocycles. The second kappa shape index (κ2) is 8.95. The molecule has 1 aromatic heterocycles. The van der Waals surface area contributed by atoms with Crippen molar-refractivity contribution < 1.29 is 18.7 Å². The first-order valence-corrected chi connectivity index (χ1v) is 9.81. The van der Waals surface area contributed by atoms with E-state index in [1.165, 1.54) is 12.5 Å². The Morgan fingerprint density at radius 3 is 2.64 bits per heavy atom. The number of nitrogens with zero attached hydrogens (tertiary/aromatic N) is 2. The van der Waals surface area contributed by atoms with Crippen LogP contribution in [0.25, 0.3) is 0 Å². The Morgan fingerprint density at radius 2 is 2.04 bits per heavy atom. The Kier molecular flexibility index (Phi) is 6.39. The van der Waals surface area contributed by atoms with E-state index in [0.29, 0.717) is 38.0 Å². The highest BCUT2D eigenvalue weighted by Gasteiger charge is 2.32. The van der Waals surface area contributed by atoms with Crippen LogP contribution in [0.3, 0.4) is 0 Å². The van der Waals surface area contributed by atoms with Crippen LogP contribution in [-0.4, -0.2) is 48.4 Å². The molecule has 1 fully saturated rings. The fraction of sp³-hybridized carbons (Fsp3) is 0.455. The molecule has 0 spiro atoms. The number of methoxy groups -OCH3 is 1. The summed E-state index contributed by atoms with van der Waals surface area (Å²) in [5.41, 5.74) is 1.62. The molecule has 150 valence electrons. The zero-order valence-electron chi connectivity index (χ0n) is 16.8. The van der Waals surface area contributed by atoms with Gasteiger partial charge in [-0.3, -0.25) is 9.59 Å². The number of piperidine rings is 1. The van der Waals surface area contributed by atoms with Gasteiger partial charge in [-0.05, 0) is 50.5 Å². The number of hydrogen-bond acceptors (Lipinski definition) is 4. The molecule has 6 heteroatoms. The predicted molar refractivity (Wildman–Crippen MR) is 106 cm³/mol. The molecule has 6 nitrogen and oxygen atoms in total. The Hall–Kier alpha value is -2.76. The van der Waals surface area contributed by atoms with Crippen LogP contribution >= 0.6 is 0 Å². The molecular weight excluding hydrogens is 356 g/mol. The highest BCUT2D eigenvalue weighted by Crippen LogP contribution is 2.28. The average molecular weight is 384 g/mol. The molecule has 0 radical (unpaired) electrons. The minimum Gasteiger partial charge on any atom is -0.497 e. The number of hydrogen-bond donors (Lipinski definition) is 0. The van der Waals surface area contributed by atoms with Crippen LogP contribution in [-0.2, 0) is 4.79 Å². The largest absolute Gasteiger partial charge is 0.497 e. The van der Waals surface area contributed by atoms with Crippen LogP contribution < -0.4 is 4.74 Å². The molecular formula is C22H28N2O4. The van der Waals surface area contributed by atoms with Gasteiger partial charge in [0.15, 0.2) is 0 Å². The third kappa shape index (κ3) is 4.21. The van der Waals surface area contributed by atoms with E-state index in [9.17, 15) is 9.59 Å². The number of benzene rings is 1. The lowest BCUT2D eigenvalue weighted by Gasteiger charge is -2.36. The van der Waals surface area contributed by atoms with Gasteiger partial charge < -0.3 is 19.0 Å². The van der Waals surface area contributed by atoms with Crippen molar-refractivity contribution in [3.63, 3.8) is 0 Å². The third-order valence-corrected chi connectivity index (χ3v) is 5.57. The van der Waals surface area contributed by atoms with Gasteiger partial charge in [0.1, 0.15) is 12.0 Å². The molecule has 0 N–H and O–H groups in total. The van der Waals surface area contributed by atoms with Crippen LogP contribution in [0.5, 0.6) is 5.75 Å². The van der Waals surface area contributed by atoms with Crippen molar-refractivity contribution in [2.24, 2.45) is 5.92 Å². The van der Waals surface area contributed by atoms with Crippen molar-refractivity contribution in [1.82, 2.24) is 9.80 Å². The lowest BCUT2D eigenvalue weighted by molar-refractivity contribution is -0.139. The van der Waals surface area contributed by atoms with Crippen molar-refractivity contribution >= 4 is 11.8 Å². The summed E-state index contributed by atoms with van der Waals surface area (Å²) in [5, 5.41) is 0. The van der Waals surface area contributed by atoms with Gasteiger partial charge in [-0.1, -0.05) is 12.1 Å². The maximum Gasteiger partial charge on any atom is 0.257 e. The summed E-state index contributed by atoms with van der Waals surface area (Å²) in [6.07, 6.45) is 4.34. The molecule has 28 heavy (non-hydrogen) atoms. The van der Waals surface area contributed by atoms with Crippen molar-refractivity contribution in [3.05, 3.63) is 54.0 Å². The predicted octanol–water partition coefficient (Wildman–Crippen LogP) is 3.75. The van der Waals surface area contributed by atoms with Crippen molar-refractivity contribution in [1.29, 1.82) is 0 Å². The average Bonchev–Trinajstić information content (AvgIpc) is 3.28. The quantitative estimate of drug-likeness (QED) is 0.761. The molecule has 1 aromatic carbocycles. The van der Waals surface area contributed by atoms with Gasteiger partial charge in [-0.25, -0.2) is 0 Å². The van der Waals surface area contributed by atoms with E-state index < -0.39 is 0 Å². The summed E-state index contributed by atoms with van der Waals surface area (Å²) < 4.78 is 10.3. The zero-order chi connectivity index (χ0) is 20.1. The number of likely N-dealkylation sites (tertiary alicyclic amines) is 1. The van der Waals surface area contributed by atoms with Gasteiger partial charge in [0.2, 0.25) is 5.91 Å². The van der Waals surface area contributed by atoms with Crippen molar-refractivity contribution in [2.45, 2.75) is 32.7 Å². The van der Waals surface area contributed by atoms with Gasteiger partial charge in [-0.15, -0.1) is 0 Å². The molecule has 1 unspecified atom stereocenters. The smallest absolute Gasteiger partial charge is 0.257 e. The van der Waals surface area contributed by atoms with Gasteiger partial charge in [-0.2, -0.15) is 0 Å². The molecule has 2 amide bonds. The second-order valence-electron chi connectivity index (χ2n) is 7.16. The van der Waals surface area contributed by atoms with Crippen LogP contribution in [0.4, 0.5) is 0 Å². The summed E-state index contributed by atoms with van der Waals surface area (Å²) in [5.74, 6) is 0.866. The molecule has 1 aliphatic heterocycles. The Bertz CT molecular complexity index is 795. The van der Waals surface area contributed by atoms with Crippen LogP contribution in [0.1, 0.15) is 48.7 Å². The molecule has 2 aromatic rings. The molecule has 0 aliphatic carbocycles. The summed E-state index contributed by atoms with van der Waals surface area (Å²) in [7, 11) is 1.64. The van der Waals surface area contributed by atoms with Crippen molar-refractivity contribution in [3.8, 4) is 5.75 Å². The molecule has 0 bridgehead atoms. The monoisotopic (exact) mass is 384 g/mol. The normalized spacial score (nSPS) is 15.9. The molecule has 3 rings (SSSR count). The first kappa shape index (κ1) is 20.0. The van der Waals surface area contributed by atoms with E-state index in [-0.39, 0.29) is 23.8 Å². The summed E-state index contributed by atoms with van der Waals surface area (Å²) >= 11 is 0.